The van der Waals surface area contributed by atoms with Gasteiger partial charge in [-0.05, 0) is 12.1 Å². The summed E-state index contributed by atoms with van der Waals surface area (Å²) in [5.41, 5.74) is 1.52. The zero-order chi connectivity index (χ0) is 15.6. The highest BCUT2D eigenvalue weighted by Gasteiger charge is 2.18. The van der Waals surface area contributed by atoms with Crippen LogP contribution in [-0.2, 0) is 17.3 Å². The van der Waals surface area contributed by atoms with E-state index in [4.69, 9.17) is 0 Å². The van der Waals surface area contributed by atoms with Crippen molar-refractivity contribution in [3.05, 3.63) is 29.6 Å². The molecule has 0 fully saturated rings. The highest BCUT2D eigenvalue weighted by molar-refractivity contribution is 7.84. The number of carbonyl (C=O) groups is 1. The number of aromatic nitrogens is 2. The van der Waals surface area contributed by atoms with Crippen LogP contribution in [-0.4, -0.2) is 36.3 Å². The van der Waals surface area contributed by atoms with Gasteiger partial charge < -0.3 is 9.67 Å². The van der Waals surface area contributed by atoms with E-state index < -0.39 is 16.8 Å². The third-order valence-electron chi connectivity index (χ3n) is 3.42. The highest BCUT2D eigenvalue weighted by Crippen LogP contribution is 2.24. The van der Waals surface area contributed by atoms with E-state index in [0.717, 1.165) is 11.3 Å². The van der Waals surface area contributed by atoms with Gasteiger partial charge in [-0.3, -0.25) is 4.21 Å². The molecule has 0 spiro atoms. The molecule has 0 saturated carbocycles. The van der Waals surface area contributed by atoms with E-state index in [2.05, 4.69) is 4.98 Å². The number of carboxylic acid groups (broad SMARTS) is 1. The van der Waals surface area contributed by atoms with Crippen LogP contribution in [0.25, 0.3) is 11.0 Å². The summed E-state index contributed by atoms with van der Waals surface area (Å²) >= 11 is 0. The minimum Gasteiger partial charge on any atom is -0.478 e. The zero-order valence-electron chi connectivity index (χ0n) is 12.5. The largest absolute Gasteiger partial charge is 0.478 e. The molecule has 2 aromatic rings. The van der Waals surface area contributed by atoms with Gasteiger partial charge in [0.25, 0.3) is 0 Å². The van der Waals surface area contributed by atoms with Crippen LogP contribution in [0.2, 0.25) is 0 Å². The van der Waals surface area contributed by atoms with Crippen LogP contribution < -0.4 is 0 Å². The van der Waals surface area contributed by atoms with E-state index in [0.29, 0.717) is 23.6 Å². The fourth-order valence-electron chi connectivity index (χ4n) is 2.35. The molecule has 1 aromatic carbocycles. The van der Waals surface area contributed by atoms with E-state index in [9.17, 15) is 14.1 Å². The number of rotatable bonds is 6. The summed E-state index contributed by atoms with van der Waals surface area (Å²) in [5, 5.41) is 9.28. The van der Waals surface area contributed by atoms with Crippen LogP contribution in [0, 0.1) is 0 Å². The lowest BCUT2D eigenvalue weighted by Gasteiger charge is -2.11. The maximum absolute atomic E-state index is 11.7. The van der Waals surface area contributed by atoms with Gasteiger partial charge in [0.1, 0.15) is 11.3 Å². The molecule has 6 heteroatoms. The second-order valence-electron chi connectivity index (χ2n) is 5.19. The van der Waals surface area contributed by atoms with Crippen molar-refractivity contribution in [2.24, 2.45) is 0 Å². The lowest BCUT2D eigenvalue weighted by atomic mass is 10.2. The normalized spacial score (nSPS) is 13.0. The van der Waals surface area contributed by atoms with Crippen molar-refractivity contribution in [3.63, 3.8) is 0 Å². The molecule has 0 bridgehead atoms. The second-order valence-corrected chi connectivity index (χ2v) is 7.05. The van der Waals surface area contributed by atoms with E-state index in [1.165, 1.54) is 0 Å². The molecule has 21 heavy (non-hydrogen) atoms. The van der Waals surface area contributed by atoms with Gasteiger partial charge in [0, 0.05) is 34.8 Å². The van der Waals surface area contributed by atoms with Crippen molar-refractivity contribution >= 4 is 27.8 Å². The molecular weight excluding hydrogens is 288 g/mol. The minimum atomic E-state index is -0.974. The monoisotopic (exact) mass is 308 g/mol. The molecule has 0 saturated heterocycles. The molecule has 1 aromatic heterocycles. The van der Waals surface area contributed by atoms with E-state index in [1.54, 1.807) is 12.1 Å². The topological polar surface area (TPSA) is 72.2 Å². The summed E-state index contributed by atoms with van der Waals surface area (Å²) in [6.07, 6.45) is 0. The van der Waals surface area contributed by atoms with Gasteiger partial charge in [0.05, 0.1) is 11.1 Å². The number of benzene rings is 1. The number of carboxylic acids is 1. The number of aromatic carboxylic acids is 1. The molecule has 114 valence electrons. The Morgan fingerprint density at radius 1 is 1.43 bits per heavy atom. The Morgan fingerprint density at radius 2 is 2.14 bits per heavy atom. The molecule has 0 amide bonds. The van der Waals surface area contributed by atoms with E-state index >= 15 is 0 Å². The number of nitrogens with zero attached hydrogens (tertiary/aromatic N) is 2. The molecule has 0 radical (unpaired) electrons. The van der Waals surface area contributed by atoms with Crippen molar-refractivity contribution in [3.8, 4) is 0 Å². The zero-order valence-corrected chi connectivity index (χ0v) is 13.3. The molecule has 0 aliphatic carbocycles. The van der Waals surface area contributed by atoms with Crippen LogP contribution in [0.3, 0.4) is 0 Å². The standard InChI is InChI=1S/C15H20N2O3S/c1-4-21(20)9-8-17-12-7-5-6-11(15(18)19)13(12)16-14(17)10(2)3/h5-7,10H,4,8-9H2,1-3H3,(H,18,19). The highest BCUT2D eigenvalue weighted by atomic mass is 32.2. The molecule has 5 nitrogen and oxygen atoms in total. The first-order chi connectivity index (χ1) is 9.95. The van der Waals surface area contributed by atoms with Crippen LogP contribution in [0.5, 0.6) is 0 Å². The third kappa shape index (κ3) is 3.15. The van der Waals surface area contributed by atoms with Gasteiger partial charge in [0.2, 0.25) is 0 Å². The maximum atomic E-state index is 11.7. The van der Waals surface area contributed by atoms with Crippen molar-refractivity contribution < 1.29 is 14.1 Å². The number of para-hydroxylation sites is 1. The van der Waals surface area contributed by atoms with Crippen molar-refractivity contribution in [2.75, 3.05) is 11.5 Å². The van der Waals surface area contributed by atoms with Crippen LogP contribution in [0.15, 0.2) is 18.2 Å². The summed E-state index contributed by atoms with van der Waals surface area (Å²) in [7, 11) is -0.855. The van der Waals surface area contributed by atoms with Crippen molar-refractivity contribution in [1.29, 1.82) is 0 Å². The van der Waals surface area contributed by atoms with Crippen molar-refractivity contribution in [2.45, 2.75) is 33.2 Å². The first-order valence-electron chi connectivity index (χ1n) is 7.03. The Labute approximate surface area is 126 Å². The van der Waals surface area contributed by atoms with Crippen LogP contribution in [0.4, 0.5) is 0 Å². The summed E-state index contributed by atoms with van der Waals surface area (Å²) in [4.78, 5) is 15.8. The second kappa shape index (κ2) is 6.39. The molecular formula is C15H20N2O3S. The smallest absolute Gasteiger partial charge is 0.337 e. The predicted molar refractivity (Wildman–Crippen MR) is 84.3 cm³/mol. The molecule has 1 unspecified atom stereocenters. The van der Waals surface area contributed by atoms with Gasteiger partial charge >= 0.3 is 5.97 Å². The lowest BCUT2D eigenvalue weighted by Crippen LogP contribution is -2.12. The van der Waals surface area contributed by atoms with Crippen LogP contribution >= 0.6 is 0 Å². The molecule has 1 atom stereocenters. The Balaban J connectivity index is 2.55. The summed E-state index contributed by atoms with van der Waals surface area (Å²) in [5.74, 6) is 1.22. The van der Waals surface area contributed by atoms with E-state index in [1.807, 2.05) is 31.4 Å². The van der Waals surface area contributed by atoms with E-state index in [-0.39, 0.29) is 11.5 Å². The third-order valence-corrected chi connectivity index (χ3v) is 4.70. The number of fused-ring (bicyclic) bond motifs is 1. The molecule has 1 N–H and O–H groups in total. The number of imidazole rings is 1. The van der Waals surface area contributed by atoms with Gasteiger partial charge in [0.15, 0.2) is 0 Å². The SMILES string of the molecule is CCS(=O)CCn1c(C(C)C)nc2c(C(=O)O)cccc21. The fraction of sp³-hybridized carbons (Fsp3) is 0.467. The molecule has 1 heterocycles. The van der Waals surface area contributed by atoms with Crippen LogP contribution in [0.1, 0.15) is 42.9 Å². The fourth-order valence-corrected chi connectivity index (χ4v) is 3.03. The molecule has 0 aliphatic rings. The van der Waals surface area contributed by atoms with Gasteiger partial charge in [-0.2, -0.15) is 0 Å². The Morgan fingerprint density at radius 3 is 2.71 bits per heavy atom. The Hall–Kier alpha value is -1.69. The predicted octanol–water partition coefficient (Wildman–Crippen LogP) is 2.63. The first-order valence-corrected chi connectivity index (χ1v) is 8.51. The average Bonchev–Trinajstić information content (AvgIpc) is 2.83. The van der Waals surface area contributed by atoms with Gasteiger partial charge in [-0.25, -0.2) is 9.78 Å². The first kappa shape index (κ1) is 15.7. The summed E-state index contributed by atoms with van der Waals surface area (Å²) in [6, 6.07) is 5.16. The van der Waals surface area contributed by atoms with Crippen molar-refractivity contribution in [1.82, 2.24) is 9.55 Å². The Kier molecular flexibility index (Phi) is 4.77. The summed E-state index contributed by atoms with van der Waals surface area (Å²) < 4.78 is 13.7. The Bertz CT molecular complexity index is 692. The molecule has 0 aliphatic heterocycles. The number of aryl methyl sites for hydroxylation is 1. The quantitative estimate of drug-likeness (QED) is 0.890. The maximum Gasteiger partial charge on any atom is 0.337 e. The minimum absolute atomic E-state index is 0.175. The molecule has 2 rings (SSSR count). The average molecular weight is 308 g/mol. The van der Waals surface area contributed by atoms with Gasteiger partial charge in [-0.15, -0.1) is 0 Å². The number of hydrogen-bond donors (Lipinski definition) is 1. The lowest BCUT2D eigenvalue weighted by molar-refractivity contribution is 0.0699. The van der Waals surface area contributed by atoms with Gasteiger partial charge in [-0.1, -0.05) is 26.8 Å². The summed E-state index contributed by atoms with van der Waals surface area (Å²) in [6.45, 7) is 6.53. The number of hydrogen-bond acceptors (Lipinski definition) is 3.